The summed E-state index contributed by atoms with van der Waals surface area (Å²) < 4.78 is 29.8. The highest BCUT2D eigenvalue weighted by Gasteiger charge is 2.21. The zero-order chi connectivity index (χ0) is 16.2. The zero-order valence-corrected chi connectivity index (χ0v) is 12.5. The fourth-order valence-electron chi connectivity index (χ4n) is 1.47. The SMILES string of the molecule is COc1cc(C(=O)O)ccc1/C=C(/C#N)S(=O)(=O)N(C)C. The Bertz CT molecular complexity index is 729. The Hall–Kier alpha value is -2.37. The number of carboxylic acid groups (broad SMARTS) is 1. The van der Waals surface area contributed by atoms with E-state index in [1.54, 1.807) is 6.07 Å². The van der Waals surface area contributed by atoms with Crippen molar-refractivity contribution in [1.29, 1.82) is 5.26 Å². The fraction of sp³-hybridized carbons (Fsp3) is 0.231. The highest BCUT2D eigenvalue weighted by atomic mass is 32.2. The molecule has 0 amide bonds. The molecule has 0 aliphatic heterocycles. The first-order chi connectivity index (χ1) is 9.73. The van der Waals surface area contributed by atoms with Crippen LogP contribution in [0.3, 0.4) is 0 Å². The summed E-state index contributed by atoms with van der Waals surface area (Å²) in [5, 5.41) is 17.9. The van der Waals surface area contributed by atoms with Crippen LogP contribution < -0.4 is 4.74 Å². The standard InChI is InChI=1S/C13H14N2O5S/c1-15(2)21(18,19)11(8-14)6-9-4-5-10(13(16)17)7-12(9)20-3/h4-7H,1-3H3,(H,16,17)/b11-6-. The summed E-state index contributed by atoms with van der Waals surface area (Å²) in [5.74, 6) is -0.971. The van der Waals surface area contributed by atoms with E-state index in [9.17, 15) is 13.2 Å². The molecular weight excluding hydrogens is 296 g/mol. The summed E-state index contributed by atoms with van der Waals surface area (Å²) in [5.41, 5.74) is 0.294. The molecule has 8 heteroatoms. The molecule has 1 aromatic rings. The number of sulfonamides is 1. The number of methoxy groups -OCH3 is 1. The van der Waals surface area contributed by atoms with E-state index in [1.165, 1.54) is 39.4 Å². The smallest absolute Gasteiger partial charge is 0.335 e. The van der Waals surface area contributed by atoms with Crippen LogP contribution in [0.2, 0.25) is 0 Å². The van der Waals surface area contributed by atoms with Crippen molar-refractivity contribution in [3.05, 3.63) is 34.2 Å². The van der Waals surface area contributed by atoms with Gasteiger partial charge in [-0.1, -0.05) is 6.07 Å². The Balaban J connectivity index is 3.44. The van der Waals surface area contributed by atoms with Crippen molar-refractivity contribution >= 4 is 22.1 Å². The first-order valence-electron chi connectivity index (χ1n) is 5.69. The molecule has 0 spiro atoms. The lowest BCUT2D eigenvalue weighted by molar-refractivity contribution is 0.0696. The quantitative estimate of drug-likeness (QED) is 0.817. The number of allylic oxidation sites excluding steroid dienone is 1. The minimum Gasteiger partial charge on any atom is -0.496 e. The van der Waals surface area contributed by atoms with Crippen LogP contribution in [0, 0.1) is 11.3 Å². The fourth-order valence-corrected chi connectivity index (χ4v) is 2.25. The molecule has 0 aromatic heterocycles. The number of benzene rings is 1. The Kier molecular flexibility index (Phi) is 5.07. The second-order valence-corrected chi connectivity index (χ2v) is 6.29. The van der Waals surface area contributed by atoms with Crippen molar-refractivity contribution in [1.82, 2.24) is 4.31 Å². The molecule has 0 bridgehead atoms. The summed E-state index contributed by atoms with van der Waals surface area (Å²) in [4.78, 5) is 10.4. The maximum absolute atomic E-state index is 11.9. The van der Waals surface area contributed by atoms with Crippen LogP contribution >= 0.6 is 0 Å². The van der Waals surface area contributed by atoms with E-state index in [0.717, 1.165) is 10.4 Å². The molecule has 0 atom stereocenters. The minimum absolute atomic E-state index is 0.00188. The number of carboxylic acids is 1. The largest absolute Gasteiger partial charge is 0.496 e. The molecule has 1 rings (SSSR count). The summed E-state index contributed by atoms with van der Waals surface area (Å²) in [6, 6.07) is 5.56. The second kappa shape index (κ2) is 6.39. The monoisotopic (exact) mass is 310 g/mol. The van der Waals surface area contributed by atoms with Gasteiger partial charge in [-0.15, -0.1) is 0 Å². The van der Waals surface area contributed by atoms with Crippen LogP contribution in [0.1, 0.15) is 15.9 Å². The van der Waals surface area contributed by atoms with Crippen molar-refractivity contribution in [3.63, 3.8) is 0 Å². The molecule has 0 aliphatic carbocycles. The first kappa shape index (κ1) is 16.7. The second-order valence-electron chi connectivity index (χ2n) is 4.17. The molecule has 0 saturated carbocycles. The maximum atomic E-state index is 11.9. The van der Waals surface area contributed by atoms with E-state index in [2.05, 4.69) is 0 Å². The van der Waals surface area contributed by atoms with E-state index < -0.39 is 20.9 Å². The van der Waals surface area contributed by atoms with Gasteiger partial charge < -0.3 is 9.84 Å². The van der Waals surface area contributed by atoms with Crippen LogP contribution in [0.5, 0.6) is 5.75 Å². The molecule has 0 radical (unpaired) electrons. The molecule has 1 N–H and O–H groups in total. The average Bonchev–Trinajstić information content (AvgIpc) is 2.43. The predicted octanol–water partition coefficient (Wildman–Crippen LogP) is 1.15. The van der Waals surface area contributed by atoms with Crippen molar-refractivity contribution < 1.29 is 23.1 Å². The lowest BCUT2D eigenvalue weighted by Gasteiger charge is -2.11. The highest BCUT2D eigenvalue weighted by molar-refractivity contribution is 7.93. The molecule has 7 nitrogen and oxygen atoms in total. The number of carbonyl (C=O) groups is 1. The van der Waals surface area contributed by atoms with Crippen LogP contribution in [-0.2, 0) is 10.0 Å². The van der Waals surface area contributed by atoms with Crippen molar-refractivity contribution in [2.75, 3.05) is 21.2 Å². The van der Waals surface area contributed by atoms with E-state index >= 15 is 0 Å². The molecule has 1 aromatic carbocycles. The van der Waals surface area contributed by atoms with Crippen molar-refractivity contribution in [3.8, 4) is 11.8 Å². The third-order valence-electron chi connectivity index (χ3n) is 2.64. The Morgan fingerprint density at radius 1 is 1.43 bits per heavy atom. The summed E-state index contributed by atoms with van der Waals surface area (Å²) in [6.07, 6.45) is 1.14. The van der Waals surface area contributed by atoms with Gasteiger partial charge in [0.25, 0.3) is 10.0 Å². The topological polar surface area (TPSA) is 108 Å². The van der Waals surface area contributed by atoms with Crippen molar-refractivity contribution in [2.24, 2.45) is 0 Å². The Morgan fingerprint density at radius 3 is 2.48 bits per heavy atom. The molecule has 0 heterocycles. The molecule has 0 aliphatic rings. The van der Waals surface area contributed by atoms with Gasteiger partial charge in [0.05, 0.1) is 12.7 Å². The number of rotatable bonds is 5. The number of hydrogen-bond acceptors (Lipinski definition) is 5. The van der Waals surface area contributed by atoms with E-state index in [0.29, 0.717) is 5.56 Å². The van der Waals surface area contributed by atoms with Crippen LogP contribution in [0.25, 0.3) is 6.08 Å². The van der Waals surface area contributed by atoms with Gasteiger partial charge in [-0.25, -0.2) is 17.5 Å². The van der Waals surface area contributed by atoms with Gasteiger partial charge in [0.15, 0.2) is 4.91 Å². The number of aromatic carboxylic acids is 1. The normalized spacial score (nSPS) is 12.0. The van der Waals surface area contributed by atoms with Crippen LogP contribution in [0.4, 0.5) is 0 Å². The maximum Gasteiger partial charge on any atom is 0.335 e. The van der Waals surface area contributed by atoms with E-state index in [1.807, 2.05) is 0 Å². The lowest BCUT2D eigenvalue weighted by Crippen LogP contribution is -2.23. The van der Waals surface area contributed by atoms with Gasteiger partial charge >= 0.3 is 5.97 Å². The van der Waals surface area contributed by atoms with Gasteiger partial charge in [-0.2, -0.15) is 5.26 Å². The lowest BCUT2D eigenvalue weighted by atomic mass is 10.1. The molecule has 21 heavy (non-hydrogen) atoms. The summed E-state index contributed by atoms with van der Waals surface area (Å²) in [6.45, 7) is 0. The number of nitrogens with zero attached hydrogens (tertiary/aromatic N) is 2. The summed E-state index contributed by atoms with van der Waals surface area (Å²) >= 11 is 0. The minimum atomic E-state index is -3.88. The molecule has 0 saturated heterocycles. The first-order valence-corrected chi connectivity index (χ1v) is 7.13. The van der Waals surface area contributed by atoms with Gasteiger partial charge in [0.1, 0.15) is 11.8 Å². The number of nitriles is 1. The average molecular weight is 310 g/mol. The highest BCUT2D eigenvalue weighted by Crippen LogP contribution is 2.24. The Morgan fingerprint density at radius 2 is 2.05 bits per heavy atom. The van der Waals surface area contributed by atoms with E-state index in [-0.39, 0.29) is 11.3 Å². The van der Waals surface area contributed by atoms with Crippen LogP contribution in [-0.4, -0.2) is 45.0 Å². The third-order valence-corrected chi connectivity index (χ3v) is 4.36. The Labute approximate surface area is 122 Å². The van der Waals surface area contributed by atoms with Gasteiger partial charge in [0, 0.05) is 19.7 Å². The predicted molar refractivity (Wildman–Crippen MR) is 76.2 cm³/mol. The zero-order valence-electron chi connectivity index (χ0n) is 11.7. The molecule has 112 valence electrons. The van der Waals surface area contributed by atoms with Gasteiger partial charge in [-0.3, -0.25) is 0 Å². The molecule has 0 unspecified atom stereocenters. The molecule has 0 fully saturated rings. The number of hydrogen-bond donors (Lipinski definition) is 1. The van der Waals surface area contributed by atoms with Gasteiger partial charge in [0.2, 0.25) is 0 Å². The molecular formula is C13H14N2O5S. The van der Waals surface area contributed by atoms with Crippen molar-refractivity contribution in [2.45, 2.75) is 0 Å². The van der Waals surface area contributed by atoms with Crippen LogP contribution in [0.15, 0.2) is 23.1 Å². The van der Waals surface area contributed by atoms with Gasteiger partial charge in [-0.05, 0) is 18.2 Å². The summed E-state index contributed by atoms with van der Waals surface area (Å²) in [7, 11) is 0.0685. The number of ether oxygens (including phenoxy) is 1. The van der Waals surface area contributed by atoms with E-state index in [4.69, 9.17) is 15.1 Å². The third kappa shape index (κ3) is 3.59.